The van der Waals surface area contributed by atoms with Crippen molar-refractivity contribution in [3.8, 4) is 28.4 Å². The fourth-order valence-electron chi connectivity index (χ4n) is 7.13. The van der Waals surface area contributed by atoms with Gasteiger partial charge in [0.1, 0.15) is 28.4 Å². The Morgan fingerprint density at radius 1 is 0.792 bits per heavy atom. The second-order valence-electron chi connectivity index (χ2n) is 16.7. The molecule has 7 aromatic rings. The Bertz CT molecular complexity index is 2450. The maximum Gasteiger partial charge on any atom is 0.180 e. The molecule has 0 amide bonds. The van der Waals surface area contributed by atoms with Crippen LogP contribution in [-0.2, 0) is 17.3 Å². The predicted molar refractivity (Wildman–Crippen MR) is 218 cm³/mol. The van der Waals surface area contributed by atoms with Crippen LogP contribution >= 0.6 is 0 Å². The van der Waals surface area contributed by atoms with Crippen molar-refractivity contribution in [3.63, 3.8) is 0 Å². The predicted octanol–water partition coefficient (Wildman–Crippen LogP) is 12.1. The highest BCUT2D eigenvalue weighted by Gasteiger charge is 2.28. The Kier molecular flexibility index (Phi) is 9.09. The Labute approximate surface area is 312 Å². The number of hydrogen-bond donors (Lipinski definition) is 1. The van der Waals surface area contributed by atoms with Crippen LogP contribution in [0.25, 0.3) is 44.7 Å². The number of pyridine rings is 2. The highest BCUT2D eigenvalue weighted by Crippen LogP contribution is 2.45. The molecule has 0 unspecified atom stereocenters. The van der Waals surface area contributed by atoms with E-state index in [9.17, 15) is 5.11 Å². The molecule has 0 bridgehead atoms. The minimum Gasteiger partial charge on any atom is -0.507 e. The van der Waals surface area contributed by atoms with Gasteiger partial charge in [-0.2, -0.15) is 0 Å². The van der Waals surface area contributed by atoms with Crippen LogP contribution in [-0.4, -0.2) is 25.0 Å². The number of phenolic OH excluding ortho intramolecular Hbond substituents is 1. The highest BCUT2D eigenvalue weighted by molar-refractivity contribution is 6.07. The van der Waals surface area contributed by atoms with Gasteiger partial charge in [0.05, 0.1) is 16.9 Å². The summed E-state index contributed by atoms with van der Waals surface area (Å²) < 4.78 is 6.62. The molecule has 0 saturated heterocycles. The third kappa shape index (κ3) is 6.88. The van der Waals surface area contributed by atoms with Crippen LogP contribution in [0.2, 0.25) is 0 Å². The van der Waals surface area contributed by atoms with Gasteiger partial charge in [-0.3, -0.25) is 9.88 Å². The Balaban J connectivity index is 1.57. The first kappa shape index (κ1) is 35.8. The summed E-state index contributed by atoms with van der Waals surface area (Å²) in [6.07, 6.45) is 4.52. The Morgan fingerprint density at radius 2 is 1.55 bits per heavy atom. The molecule has 7 rings (SSSR count). The summed E-state index contributed by atoms with van der Waals surface area (Å²) in [5.74, 6) is 1.84. The molecule has 53 heavy (non-hydrogen) atoms. The molecule has 270 valence electrons. The molecule has 0 saturated carbocycles. The van der Waals surface area contributed by atoms with E-state index < -0.39 is 0 Å². The second-order valence-corrected chi connectivity index (χ2v) is 16.7. The molecule has 0 spiro atoms. The minimum absolute atomic E-state index is 0.171. The molecular weight excluding hydrogens is 655 g/mol. The van der Waals surface area contributed by atoms with E-state index in [1.54, 1.807) is 0 Å². The van der Waals surface area contributed by atoms with E-state index in [-0.39, 0.29) is 16.6 Å². The van der Waals surface area contributed by atoms with Gasteiger partial charge >= 0.3 is 0 Å². The SMILES string of the molecule is Cc1ccnc(C)c1N(c1cc(CC(C)C)cc(-c2nc(-c3cc(C(C)(C)C)cc(C(C)(C)C)c3O)nc3c2oc2ccccc23)c1)c1ccccn1. The van der Waals surface area contributed by atoms with Gasteiger partial charge in [-0.25, -0.2) is 15.0 Å². The van der Waals surface area contributed by atoms with Crippen LogP contribution in [0.3, 0.4) is 0 Å². The van der Waals surface area contributed by atoms with Crippen LogP contribution in [0, 0.1) is 19.8 Å². The van der Waals surface area contributed by atoms with Crippen molar-refractivity contribution < 1.29 is 9.52 Å². The molecule has 1 N–H and O–H groups in total. The fourth-order valence-corrected chi connectivity index (χ4v) is 7.13. The van der Waals surface area contributed by atoms with Gasteiger partial charge in [0.15, 0.2) is 11.4 Å². The van der Waals surface area contributed by atoms with Crippen molar-refractivity contribution in [2.75, 3.05) is 4.90 Å². The first-order valence-electron chi connectivity index (χ1n) is 18.5. The lowest BCUT2D eigenvalue weighted by molar-refractivity contribution is 0.446. The summed E-state index contributed by atoms with van der Waals surface area (Å²) >= 11 is 0. The lowest BCUT2D eigenvalue weighted by atomic mass is 9.79. The summed E-state index contributed by atoms with van der Waals surface area (Å²) in [7, 11) is 0. The number of aromatic nitrogens is 4. The molecule has 0 aliphatic carbocycles. The number of furan rings is 1. The summed E-state index contributed by atoms with van der Waals surface area (Å²) in [6, 6.07) is 26.8. The molecule has 7 nitrogen and oxygen atoms in total. The van der Waals surface area contributed by atoms with Crippen LogP contribution in [0.5, 0.6) is 5.75 Å². The van der Waals surface area contributed by atoms with Gasteiger partial charge in [-0.15, -0.1) is 0 Å². The number of para-hydroxylation sites is 1. The van der Waals surface area contributed by atoms with E-state index in [4.69, 9.17) is 24.4 Å². The zero-order chi connectivity index (χ0) is 37.8. The average Bonchev–Trinajstić information content (AvgIpc) is 3.47. The number of anilines is 3. The molecule has 0 fully saturated rings. The molecule has 0 atom stereocenters. The number of aromatic hydroxyl groups is 1. The fraction of sp³-hybridized carbons (Fsp3) is 0.304. The van der Waals surface area contributed by atoms with E-state index in [0.29, 0.717) is 34.1 Å². The first-order valence-corrected chi connectivity index (χ1v) is 18.5. The van der Waals surface area contributed by atoms with E-state index in [2.05, 4.69) is 97.5 Å². The van der Waals surface area contributed by atoms with Crippen molar-refractivity contribution in [2.24, 2.45) is 5.92 Å². The second kappa shape index (κ2) is 13.4. The van der Waals surface area contributed by atoms with Crippen molar-refractivity contribution in [1.29, 1.82) is 0 Å². The van der Waals surface area contributed by atoms with Gasteiger partial charge in [0, 0.05) is 34.6 Å². The number of fused-ring (bicyclic) bond motifs is 3. The molecule has 0 aliphatic rings. The standard InChI is InChI=1S/C46H49N5O2/c1-27(2)21-30-22-31(24-33(23-30)51(38-17-13-14-19-48-38)41-28(3)18-20-47-29(41)4)39-43-40(34-15-11-12-16-37(34)53-43)50-44(49-39)35-25-32(45(5,6)7)26-36(42(35)52)46(8,9)10/h11-20,22-27,52H,21H2,1-10H3. The van der Waals surface area contributed by atoms with Crippen LogP contribution < -0.4 is 4.90 Å². The van der Waals surface area contributed by atoms with Crippen molar-refractivity contribution in [2.45, 2.75) is 86.5 Å². The topological polar surface area (TPSA) is 88.2 Å². The van der Waals surface area contributed by atoms with E-state index in [0.717, 1.165) is 68.1 Å². The molecule has 4 heterocycles. The van der Waals surface area contributed by atoms with E-state index in [1.807, 2.05) is 67.8 Å². The molecule has 7 heteroatoms. The summed E-state index contributed by atoms with van der Waals surface area (Å²) in [4.78, 5) is 22.2. The van der Waals surface area contributed by atoms with Gasteiger partial charge in [0.25, 0.3) is 0 Å². The monoisotopic (exact) mass is 703 g/mol. The smallest absolute Gasteiger partial charge is 0.180 e. The number of nitrogens with zero attached hydrogens (tertiary/aromatic N) is 5. The van der Waals surface area contributed by atoms with Crippen molar-refractivity contribution >= 4 is 39.3 Å². The maximum absolute atomic E-state index is 12.0. The van der Waals surface area contributed by atoms with E-state index in [1.165, 1.54) is 0 Å². The summed E-state index contributed by atoms with van der Waals surface area (Å²) in [5, 5.41) is 12.9. The highest BCUT2D eigenvalue weighted by atomic mass is 16.3. The van der Waals surface area contributed by atoms with Gasteiger partial charge in [0.2, 0.25) is 0 Å². The van der Waals surface area contributed by atoms with Crippen LogP contribution in [0.4, 0.5) is 17.2 Å². The third-order valence-corrected chi connectivity index (χ3v) is 9.81. The molecule has 0 aliphatic heterocycles. The maximum atomic E-state index is 12.0. The number of rotatable bonds is 7. The van der Waals surface area contributed by atoms with Crippen molar-refractivity contribution in [3.05, 3.63) is 119 Å². The number of phenols is 1. The van der Waals surface area contributed by atoms with Crippen LogP contribution in [0.15, 0.2) is 95.7 Å². The molecule has 0 radical (unpaired) electrons. The van der Waals surface area contributed by atoms with Gasteiger partial charge < -0.3 is 9.52 Å². The minimum atomic E-state index is -0.313. The Morgan fingerprint density at radius 3 is 2.23 bits per heavy atom. The Hall–Kier alpha value is -5.56. The molecule has 4 aromatic heterocycles. The lowest BCUT2D eigenvalue weighted by Crippen LogP contribution is -2.17. The molecular formula is C46H49N5O2. The molecule has 3 aromatic carbocycles. The zero-order valence-corrected chi connectivity index (χ0v) is 32.5. The summed E-state index contributed by atoms with van der Waals surface area (Å²) in [6.45, 7) is 21.6. The quantitative estimate of drug-likeness (QED) is 0.177. The van der Waals surface area contributed by atoms with Crippen molar-refractivity contribution in [1.82, 2.24) is 19.9 Å². The van der Waals surface area contributed by atoms with Gasteiger partial charge in [-0.1, -0.05) is 79.7 Å². The number of hydrogen-bond acceptors (Lipinski definition) is 7. The number of aryl methyl sites for hydroxylation is 2. The third-order valence-electron chi connectivity index (χ3n) is 9.81. The largest absolute Gasteiger partial charge is 0.507 e. The average molecular weight is 704 g/mol. The van der Waals surface area contributed by atoms with Gasteiger partial charge in [-0.05, 0) is 108 Å². The van der Waals surface area contributed by atoms with Crippen LogP contribution in [0.1, 0.15) is 83.3 Å². The summed E-state index contributed by atoms with van der Waals surface area (Å²) in [5.41, 5.74) is 10.7. The number of benzene rings is 3. The zero-order valence-electron chi connectivity index (χ0n) is 32.5. The normalized spacial score (nSPS) is 12.3. The first-order chi connectivity index (χ1) is 25.1. The van der Waals surface area contributed by atoms with E-state index >= 15 is 0 Å². The lowest BCUT2D eigenvalue weighted by Gasteiger charge is -2.28.